The zero-order valence-corrected chi connectivity index (χ0v) is 10.9. The summed E-state index contributed by atoms with van der Waals surface area (Å²) >= 11 is 0. The van der Waals surface area contributed by atoms with Crippen LogP contribution in [0, 0.1) is 0 Å². The first-order valence-corrected chi connectivity index (χ1v) is 6.33. The Labute approximate surface area is 104 Å². The van der Waals surface area contributed by atoms with E-state index in [1.807, 2.05) is 0 Å². The van der Waals surface area contributed by atoms with Crippen LogP contribution in [0.15, 0.2) is 0 Å². The van der Waals surface area contributed by atoms with Crippen molar-refractivity contribution in [3.63, 3.8) is 0 Å². The molecule has 1 atom stereocenters. The van der Waals surface area contributed by atoms with Gasteiger partial charge in [-0.05, 0) is 6.92 Å². The van der Waals surface area contributed by atoms with Crippen LogP contribution >= 0.6 is 0 Å². The maximum absolute atomic E-state index is 9.09. The molecule has 0 aliphatic rings. The number of hydrogen-bond acceptors (Lipinski definition) is 6. The summed E-state index contributed by atoms with van der Waals surface area (Å²) in [5, 5.41) is 24.0. The predicted molar refractivity (Wildman–Crippen MR) is 70.0 cm³/mol. The van der Waals surface area contributed by atoms with Crippen LogP contribution in [0.2, 0.25) is 0 Å². The minimum Gasteiger partial charge on any atom is -0.395 e. The topological polar surface area (TPSA) is 93.8 Å². The number of nitrogens with two attached hydrogens (primary N) is 1. The molecular formula is C11H28N4O2. The molecule has 0 saturated heterocycles. The molecule has 0 rings (SSSR count). The van der Waals surface area contributed by atoms with Gasteiger partial charge in [-0.2, -0.15) is 0 Å². The Balaban J connectivity index is 3.52. The van der Waals surface area contributed by atoms with Crippen LogP contribution in [0.25, 0.3) is 0 Å². The van der Waals surface area contributed by atoms with Crippen molar-refractivity contribution >= 4 is 0 Å². The lowest BCUT2D eigenvalue weighted by molar-refractivity contribution is 0.187. The molecule has 0 spiro atoms. The van der Waals surface area contributed by atoms with E-state index in [1.165, 1.54) is 0 Å². The normalized spacial score (nSPS) is 13.2. The van der Waals surface area contributed by atoms with Crippen molar-refractivity contribution in [2.75, 3.05) is 59.0 Å². The van der Waals surface area contributed by atoms with Crippen molar-refractivity contribution in [1.82, 2.24) is 15.5 Å². The highest BCUT2D eigenvalue weighted by molar-refractivity contribution is 4.63. The molecule has 0 aromatic carbocycles. The lowest BCUT2D eigenvalue weighted by Crippen LogP contribution is -2.40. The average Bonchev–Trinajstić information content (AvgIpc) is 2.29. The third-order valence-corrected chi connectivity index (χ3v) is 2.38. The van der Waals surface area contributed by atoms with E-state index < -0.39 is 0 Å². The Morgan fingerprint density at radius 1 is 1.12 bits per heavy atom. The van der Waals surface area contributed by atoms with E-state index in [1.54, 1.807) is 6.92 Å². The molecule has 6 nitrogen and oxygen atoms in total. The SMILES string of the molecule is CC(O)CNCCN(CCN)CCNCCO. The van der Waals surface area contributed by atoms with Gasteiger partial charge in [0, 0.05) is 52.4 Å². The zero-order chi connectivity index (χ0) is 12.9. The van der Waals surface area contributed by atoms with Gasteiger partial charge in [0.05, 0.1) is 12.7 Å². The van der Waals surface area contributed by atoms with Crippen molar-refractivity contribution in [2.24, 2.45) is 5.73 Å². The summed E-state index contributed by atoms with van der Waals surface area (Å²) in [4.78, 5) is 2.26. The number of hydrogen-bond donors (Lipinski definition) is 5. The number of aliphatic hydroxyl groups is 2. The smallest absolute Gasteiger partial charge is 0.0636 e. The van der Waals surface area contributed by atoms with Crippen molar-refractivity contribution in [3.8, 4) is 0 Å². The maximum Gasteiger partial charge on any atom is 0.0636 e. The second kappa shape index (κ2) is 12.2. The van der Waals surface area contributed by atoms with Gasteiger partial charge in [0.1, 0.15) is 0 Å². The molecule has 0 fully saturated rings. The number of rotatable bonds is 12. The van der Waals surface area contributed by atoms with Crippen molar-refractivity contribution in [3.05, 3.63) is 0 Å². The van der Waals surface area contributed by atoms with Crippen molar-refractivity contribution in [1.29, 1.82) is 0 Å². The standard InChI is InChI=1S/C11H28N4O2/c1-11(17)10-14-4-8-15(6-2-12)7-3-13-5-9-16/h11,13-14,16-17H,2-10,12H2,1H3. The summed E-state index contributed by atoms with van der Waals surface area (Å²) in [5.74, 6) is 0. The molecule has 0 amide bonds. The van der Waals surface area contributed by atoms with E-state index in [-0.39, 0.29) is 12.7 Å². The van der Waals surface area contributed by atoms with Crippen molar-refractivity contribution < 1.29 is 10.2 Å². The molecule has 0 saturated carbocycles. The highest BCUT2D eigenvalue weighted by Gasteiger charge is 2.03. The van der Waals surface area contributed by atoms with E-state index in [0.717, 1.165) is 32.7 Å². The fraction of sp³-hybridized carbons (Fsp3) is 1.00. The number of aliphatic hydroxyl groups excluding tert-OH is 2. The van der Waals surface area contributed by atoms with E-state index >= 15 is 0 Å². The van der Waals surface area contributed by atoms with Gasteiger partial charge in [0.2, 0.25) is 0 Å². The second-order valence-electron chi connectivity index (χ2n) is 4.16. The van der Waals surface area contributed by atoms with E-state index in [2.05, 4.69) is 15.5 Å². The first-order valence-electron chi connectivity index (χ1n) is 6.33. The molecule has 6 N–H and O–H groups in total. The van der Waals surface area contributed by atoms with Gasteiger partial charge in [-0.3, -0.25) is 4.90 Å². The third kappa shape index (κ3) is 12.0. The molecule has 0 radical (unpaired) electrons. The zero-order valence-electron chi connectivity index (χ0n) is 10.9. The quantitative estimate of drug-likeness (QED) is 0.252. The predicted octanol–water partition coefficient (Wildman–Crippen LogP) is -2.20. The lowest BCUT2D eigenvalue weighted by Gasteiger charge is -2.22. The summed E-state index contributed by atoms with van der Waals surface area (Å²) in [6.07, 6.45) is -0.302. The Bertz CT molecular complexity index is 158. The fourth-order valence-electron chi connectivity index (χ4n) is 1.51. The fourth-order valence-corrected chi connectivity index (χ4v) is 1.51. The van der Waals surface area contributed by atoms with Gasteiger partial charge in [-0.25, -0.2) is 0 Å². The molecule has 0 aliphatic carbocycles. The minimum absolute atomic E-state index is 0.173. The average molecular weight is 248 g/mol. The summed E-state index contributed by atoms with van der Waals surface area (Å²) in [5.41, 5.74) is 5.55. The molecule has 0 aromatic heterocycles. The minimum atomic E-state index is -0.302. The van der Waals surface area contributed by atoms with Crippen LogP contribution in [0.1, 0.15) is 6.92 Å². The van der Waals surface area contributed by atoms with Crippen LogP contribution in [0.5, 0.6) is 0 Å². The van der Waals surface area contributed by atoms with Crippen LogP contribution in [0.4, 0.5) is 0 Å². The van der Waals surface area contributed by atoms with Gasteiger partial charge < -0.3 is 26.6 Å². The molecule has 6 heteroatoms. The van der Waals surface area contributed by atoms with Crippen LogP contribution in [0.3, 0.4) is 0 Å². The molecule has 0 aliphatic heterocycles. The Morgan fingerprint density at radius 3 is 2.29 bits per heavy atom. The summed E-state index contributed by atoms with van der Waals surface area (Å²) in [6.45, 7) is 8.28. The maximum atomic E-state index is 9.09. The summed E-state index contributed by atoms with van der Waals surface area (Å²) < 4.78 is 0. The molecule has 0 heterocycles. The van der Waals surface area contributed by atoms with Gasteiger partial charge in [0.25, 0.3) is 0 Å². The van der Waals surface area contributed by atoms with Crippen molar-refractivity contribution in [2.45, 2.75) is 13.0 Å². The summed E-state index contributed by atoms with van der Waals surface area (Å²) in [7, 11) is 0. The highest BCUT2D eigenvalue weighted by Crippen LogP contribution is 1.85. The van der Waals surface area contributed by atoms with Gasteiger partial charge in [-0.1, -0.05) is 0 Å². The van der Waals surface area contributed by atoms with Gasteiger partial charge >= 0.3 is 0 Å². The van der Waals surface area contributed by atoms with Crippen LogP contribution in [-0.4, -0.2) is 80.2 Å². The molecule has 0 bridgehead atoms. The highest BCUT2D eigenvalue weighted by atomic mass is 16.3. The number of nitrogens with zero attached hydrogens (tertiary/aromatic N) is 1. The largest absolute Gasteiger partial charge is 0.395 e. The number of nitrogens with one attached hydrogen (secondary N) is 2. The van der Waals surface area contributed by atoms with Crippen LogP contribution < -0.4 is 16.4 Å². The van der Waals surface area contributed by atoms with Gasteiger partial charge in [-0.15, -0.1) is 0 Å². The Hall–Kier alpha value is -0.240. The van der Waals surface area contributed by atoms with E-state index in [0.29, 0.717) is 19.6 Å². The van der Waals surface area contributed by atoms with E-state index in [4.69, 9.17) is 15.9 Å². The lowest BCUT2D eigenvalue weighted by atomic mass is 10.4. The Morgan fingerprint density at radius 2 is 1.76 bits per heavy atom. The first-order chi connectivity index (χ1) is 8.20. The first kappa shape index (κ1) is 16.8. The third-order valence-electron chi connectivity index (χ3n) is 2.38. The molecule has 0 aromatic rings. The van der Waals surface area contributed by atoms with Gasteiger partial charge in [0.15, 0.2) is 0 Å². The molecular weight excluding hydrogens is 220 g/mol. The monoisotopic (exact) mass is 248 g/mol. The molecule has 104 valence electrons. The molecule has 17 heavy (non-hydrogen) atoms. The summed E-state index contributed by atoms with van der Waals surface area (Å²) in [6, 6.07) is 0. The Kier molecular flexibility index (Phi) is 12.1. The van der Waals surface area contributed by atoms with Crippen LogP contribution in [-0.2, 0) is 0 Å². The molecule has 1 unspecified atom stereocenters. The second-order valence-corrected chi connectivity index (χ2v) is 4.16. The van der Waals surface area contributed by atoms with E-state index in [9.17, 15) is 0 Å².